The van der Waals surface area contributed by atoms with Crippen LogP contribution in [-0.2, 0) is 24.3 Å². The van der Waals surface area contributed by atoms with Crippen LogP contribution in [0.1, 0.15) is 47.5 Å². The summed E-state index contributed by atoms with van der Waals surface area (Å²) in [5, 5.41) is 11.2. The number of sulfonamides is 1. The average Bonchev–Trinajstić information content (AvgIpc) is 3.02. The van der Waals surface area contributed by atoms with E-state index in [2.05, 4.69) is 0 Å². The number of hydrogen-bond acceptors (Lipinski definition) is 7. The van der Waals surface area contributed by atoms with E-state index in [0.717, 1.165) is 4.31 Å². The minimum Gasteiger partial charge on any atom is -0.444 e. The number of ether oxygens (including phenoxy) is 2. The molecule has 3 rings (SSSR count). The molecule has 2 heterocycles. The van der Waals surface area contributed by atoms with E-state index in [1.54, 1.807) is 52.8 Å². The molecule has 0 spiro atoms. The number of aliphatic hydroxyl groups excluding tert-OH is 1. The minimum atomic E-state index is -4.04. The molecule has 2 aliphatic heterocycles. The van der Waals surface area contributed by atoms with Gasteiger partial charge in [0, 0.05) is 6.54 Å². The molecule has 1 aromatic carbocycles. The van der Waals surface area contributed by atoms with Crippen LogP contribution in [0.2, 0.25) is 0 Å². The summed E-state index contributed by atoms with van der Waals surface area (Å²) in [6.07, 6.45) is -1.27. The molecule has 2 saturated heterocycles. The van der Waals surface area contributed by atoms with Crippen LogP contribution in [0.15, 0.2) is 35.2 Å². The van der Waals surface area contributed by atoms with E-state index in [-0.39, 0.29) is 18.0 Å². The number of carbonyl (C=O) groups excluding carboxylic acids is 2. The van der Waals surface area contributed by atoms with E-state index in [4.69, 9.17) is 9.47 Å². The molecule has 32 heavy (non-hydrogen) atoms. The molecule has 2 unspecified atom stereocenters. The van der Waals surface area contributed by atoms with Crippen molar-refractivity contribution in [1.82, 2.24) is 9.21 Å². The summed E-state index contributed by atoms with van der Waals surface area (Å²) in [5.74, 6) is -1.67. The Kier molecular flexibility index (Phi) is 6.61. The van der Waals surface area contributed by atoms with Gasteiger partial charge >= 0.3 is 6.09 Å². The van der Waals surface area contributed by atoms with Crippen molar-refractivity contribution in [2.24, 2.45) is 5.92 Å². The second-order valence-electron chi connectivity index (χ2n) is 9.64. The second-order valence-corrected chi connectivity index (χ2v) is 11.5. The van der Waals surface area contributed by atoms with E-state index in [1.807, 2.05) is 0 Å². The van der Waals surface area contributed by atoms with Crippen molar-refractivity contribution in [2.75, 3.05) is 13.2 Å². The summed E-state index contributed by atoms with van der Waals surface area (Å²) in [4.78, 5) is 27.4. The summed E-state index contributed by atoms with van der Waals surface area (Å²) in [7, 11) is -4.04. The highest BCUT2D eigenvalue weighted by Crippen LogP contribution is 2.35. The van der Waals surface area contributed by atoms with Crippen LogP contribution < -0.4 is 0 Å². The van der Waals surface area contributed by atoms with E-state index < -0.39 is 51.4 Å². The third-order valence-corrected chi connectivity index (χ3v) is 7.50. The standard InChI is InChI=1S/C22H32N2O7S/c1-21(2,3)31-20(27)24-17(14-30-22(24,4)5)18(25)16-12-9-13-23(19(16)26)32(28,29)15-10-7-6-8-11-15/h6-8,10-11,16-18,25H,9,12-14H2,1-5H3/t16?,17-,18?/m0/s1. The molecular weight excluding hydrogens is 436 g/mol. The predicted molar refractivity (Wildman–Crippen MR) is 116 cm³/mol. The third-order valence-electron chi connectivity index (χ3n) is 5.69. The molecule has 9 nitrogen and oxygen atoms in total. The number of nitrogens with zero attached hydrogens (tertiary/aromatic N) is 2. The smallest absolute Gasteiger partial charge is 0.412 e. The van der Waals surface area contributed by atoms with Gasteiger partial charge in [0.25, 0.3) is 10.0 Å². The van der Waals surface area contributed by atoms with Crippen LogP contribution in [0.25, 0.3) is 0 Å². The lowest BCUT2D eigenvalue weighted by molar-refractivity contribution is -0.139. The summed E-state index contributed by atoms with van der Waals surface area (Å²) < 4.78 is 38.1. The van der Waals surface area contributed by atoms with Crippen LogP contribution in [0, 0.1) is 5.92 Å². The number of hydrogen-bond donors (Lipinski definition) is 1. The number of rotatable bonds is 4. The Balaban J connectivity index is 1.85. The Morgan fingerprint density at radius 3 is 2.47 bits per heavy atom. The lowest BCUT2D eigenvalue weighted by atomic mass is 9.88. The van der Waals surface area contributed by atoms with Crippen molar-refractivity contribution < 1.29 is 32.6 Å². The summed E-state index contributed by atoms with van der Waals surface area (Å²) in [6.45, 7) is 8.60. The first-order valence-corrected chi connectivity index (χ1v) is 12.2. The van der Waals surface area contributed by atoms with Crippen molar-refractivity contribution in [1.29, 1.82) is 0 Å². The van der Waals surface area contributed by atoms with Crippen molar-refractivity contribution >= 4 is 22.0 Å². The largest absolute Gasteiger partial charge is 0.444 e. The van der Waals surface area contributed by atoms with Gasteiger partial charge in [-0.1, -0.05) is 18.2 Å². The van der Waals surface area contributed by atoms with E-state index >= 15 is 0 Å². The molecule has 0 saturated carbocycles. The molecule has 1 aromatic rings. The molecule has 0 bridgehead atoms. The van der Waals surface area contributed by atoms with Gasteiger partial charge in [0.05, 0.1) is 29.6 Å². The Bertz CT molecular complexity index is 956. The Morgan fingerprint density at radius 2 is 1.88 bits per heavy atom. The fourth-order valence-electron chi connectivity index (χ4n) is 4.17. The van der Waals surface area contributed by atoms with Gasteiger partial charge in [-0.05, 0) is 59.6 Å². The molecule has 0 radical (unpaired) electrons. The molecule has 0 aliphatic carbocycles. The van der Waals surface area contributed by atoms with Gasteiger partial charge in [-0.3, -0.25) is 9.69 Å². The highest BCUT2D eigenvalue weighted by Gasteiger charge is 2.52. The zero-order valence-electron chi connectivity index (χ0n) is 19.1. The van der Waals surface area contributed by atoms with Crippen LogP contribution in [0.5, 0.6) is 0 Å². The molecule has 2 amide bonds. The maximum Gasteiger partial charge on any atom is 0.412 e. The SMILES string of the molecule is CC(C)(C)OC(=O)N1[C@H](C(O)C2CCCN(S(=O)(=O)c3ccccc3)C2=O)COC1(C)C. The van der Waals surface area contributed by atoms with Crippen LogP contribution >= 0.6 is 0 Å². The summed E-state index contributed by atoms with van der Waals surface area (Å²) in [5.41, 5.74) is -1.81. The average molecular weight is 469 g/mol. The number of amides is 2. The normalized spacial score (nSPS) is 25.0. The van der Waals surface area contributed by atoms with Gasteiger partial charge in [0.15, 0.2) is 0 Å². The Morgan fingerprint density at radius 1 is 1.25 bits per heavy atom. The van der Waals surface area contributed by atoms with Crippen LogP contribution in [-0.4, -0.2) is 71.4 Å². The maximum atomic E-state index is 13.2. The molecule has 2 aliphatic rings. The van der Waals surface area contributed by atoms with Crippen LogP contribution in [0.4, 0.5) is 4.79 Å². The summed E-state index contributed by atoms with van der Waals surface area (Å²) >= 11 is 0. The molecular formula is C22H32N2O7S. The zero-order valence-corrected chi connectivity index (χ0v) is 20.0. The Hall–Kier alpha value is -2.17. The van der Waals surface area contributed by atoms with Crippen molar-refractivity contribution in [3.05, 3.63) is 30.3 Å². The molecule has 1 N–H and O–H groups in total. The van der Waals surface area contributed by atoms with Gasteiger partial charge < -0.3 is 14.6 Å². The monoisotopic (exact) mass is 468 g/mol. The zero-order chi connectivity index (χ0) is 23.9. The van der Waals surface area contributed by atoms with Gasteiger partial charge in [-0.15, -0.1) is 0 Å². The first-order chi connectivity index (χ1) is 14.8. The van der Waals surface area contributed by atoms with E-state index in [1.165, 1.54) is 17.0 Å². The lowest BCUT2D eigenvalue weighted by Crippen LogP contribution is -2.57. The van der Waals surface area contributed by atoms with Crippen molar-refractivity contribution in [3.63, 3.8) is 0 Å². The first-order valence-electron chi connectivity index (χ1n) is 10.7. The van der Waals surface area contributed by atoms with Gasteiger partial charge in [-0.25, -0.2) is 17.5 Å². The number of carbonyl (C=O) groups is 2. The second kappa shape index (κ2) is 8.64. The molecule has 3 atom stereocenters. The maximum absolute atomic E-state index is 13.2. The topological polar surface area (TPSA) is 113 Å². The fourth-order valence-corrected chi connectivity index (χ4v) is 5.66. The van der Waals surface area contributed by atoms with Gasteiger partial charge in [-0.2, -0.15) is 0 Å². The quantitative estimate of drug-likeness (QED) is 0.721. The predicted octanol–water partition coefficient (Wildman–Crippen LogP) is 2.35. The molecule has 10 heteroatoms. The Labute approximate surface area is 189 Å². The van der Waals surface area contributed by atoms with Gasteiger partial charge in [0.1, 0.15) is 11.3 Å². The highest BCUT2D eigenvalue weighted by molar-refractivity contribution is 7.89. The number of benzene rings is 1. The first kappa shape index (κ1) is 24.5. The molecule has 178 valence electrons. The van der Waals surface area contributed by atoms with E-state index in [0.29, 0.717) is 12.8 Å². The van der Waals surface area contributed by atoms with Crippen molar-refractivity contribution in [2.45, 2.75) is 75.8 Å². The van der Waals surface area contributed by atoms with E-state index in [9.17, 15) is 23.1 Å². The highest BCUT2D eigenvalue weighted by atomic mass is 32.2. The molecule has 2 fully saturated rings. The fraction of sp³-hybridized carbons (Fsp3) is 0.636. The summed E-state index contributed by atoms with van der Waals surface area (Å²) in [6, 6.07) is 6.87. The lowest BCUT2D eigenvalue weighted by Gasteiger charge is -2.40. The van der Waals surface area contributed by atoms with Crippen LogP contribution in [0.3, 0.4) is 0 Å². The number of piperidine rings is 1. The third kappa shape index (κ3) is 4.77. The van der Waals surface area contributed by atoms with Crippen molar-refractivity contribution in [3.8, 4) is 0 Å². The van der Waals surface area contributed by atoms with Gasteiger partial charge in [0.2, 0.25) is 5.91 Å². The number of aliphatic hydroxyl groups is 1. The minimum absolute atomic E-state index is 0.00260. The molecule has 0 aromatic heterocycles.